The zero-order valence-electron chi connectivity index (χ0n) is 12.4. The summed E-state index contributed by atoms with van der Waals surface area (Å²) < 4.78 is 27.8. The molecule has 0 aliphatic carbocycles. The largest absolute Gasteiger partial charge is 0.366 e. The van der Waals surface area contributed by atoms with E-state index >= 15 is 0 Å². The second-order valence-corrected chi connectivity index (χ2v) is 7.36. The van der Waals surface area contributed by atoms with Crippen LogP contribution < -0.4 is 10.5 Å². The Morgan fingerprint density at radius 3 is 2.39 bits per heavy atom. The third-order valence-corrected chi connectivity index (χ3v) is 5.82. The number of benzene rings is 2. The average molecular weight is 373 g/mol. The maximum atomic E-state index is 12.7. The summed E-state index contributed by atoms with van der Waals surface area (Å²) in [5, 5.41) is 0.367. The Kier molecular flexibility index (Phi) is 4.89. The van der Waals surface area contributed by atoms with Crippen molar-refractivity contribution in [3.8, 4) is 0 Å². The number of sulfonamides is 1. The molecule has 2 aromatic carbocycles. The number of anilines is 1. The Morgan fingerprint density at radius 1 is 1.17 bits per heavy atom. The molecule has 0 aliphatic heterocycles. The number of carbonyl (C=O) groups excluding carboxylic acids is 1. The summed E-state index contributed by atoms with van der Waals surface area (Å²) in [6, 6.07) is 7.63. The number of aryl methyl sites for hydroxylation is 1. The molecule has 1 amide bonds. The highest BCUT2D eigenvalue weighted by molar-refractivity contribution is 7.93. The molecule has 0 saturated heterocycles. The summed E-state index contributed by atoms with van der Waals surface area (Å²) in [5.41, 5.74) is 6.25. The van der Waals surface area contributed by atoms with Crippen molar-refractivity contribution in [1.82, 2.24) is 0 Å². The molecular weight excluding hydrogens is 359 g/mol. The second-order valence-electron chi connectivity index (χ2n) is 4.96. The summed E-state index contributed by atoms with van der Waals surface area (Å²) in [4.78, 5) is 11.3. The molecule has 0 aromatic heterocycles. The number of hydrogen-bond donors (Lipinski definition) is 2. The lowest BCUT2D eigenvalue weighted by Crippen LogP contribution is -2.19. The number of nitrogens with one attached hydrogen (secondary N) is 1. The zero-order chi connectivity index (χ0) is 17.4. The third-order valence-electron chi connectivity index (χ3n) is 3.29. The van der Waals surface area contributed by atoms with Crippen molar-refractivity contribution in [2.45, 2.75) is 18.7 Å². The fourth-order valence-corrected chi connectivity index (χ4v) is 4.41. The smallest absolute Gasteiger partial charge is 0.263 e. The molecule has 3 N–H and O–H groups in total. The molecule has 2 rings (SSSR count). The fourth-order valence-electron chi connectivity index (χ4n) is 2.12. The van der Waals surface area contributed by atoms with Gasteiger partial charge in [-0.05, 0) is 43.2 Å². The first kappa shape index (κ1) is 17.6. The maximum Gasteiger partial charge on any atom is 0.263 e. The predicted molar refractivity (Wildman–Crippen MR) is 91.7 cm³/mol. The van der Waals surface area contributed by atoms with Gasteiger partial charge in [0, 0.05) is 5.02 Å². The van der Waals surface area contributed by atoms with Crippen LogP contribution in [-0.4, -0.2) is 14.3 Å². The molecule has 0 saturated carbocycles. The molecule has 23 heavy (non-hydrogen) atoms. The number of para-hydroxylation sites is 1. The highest BCUT2D eigenvalue weighted by Gasteiger charge is 2.25. The number of halogens is 2. The van der Waals surface area contributed by atoms with Crippen molar-refractivity contribution >= 4 is 44.8 Å². The molecule has 2 aromatic rings. The van der Waals surface area contributed by atoms with Crippen molar-refractivity contribution in [2.24, 2.45) is 5.73 Å². The van der Waals surface area contributed by atoms with E-state index in [1.54, 1.807) is 32.0 Å². The van der Waals surface area contributed by atoms with Crippen molar-refractivity contribution in [3.63, 3.8) is 0 Å². The van der Waals surface area contributed by atoms with E-state index < -0.39 is 15.9 Å². The van der Waals surface area contributed by atoms with Gasteiger partial charge in [0.15, 0.2) is 0 Å². The van der Waals surface area contributed by atoms with Crippen LogP contribution in [0.15, 0.2) is 35.2 Å². The highest BCUT2D eigenvalue weighted by Crippen LogP contribution is 2.34. The number of primary amides is 1. The van der Waals surface area contributed by atoms with Crippen LogP contribution in [0.2, 0.25) is 10.0 Å². The van der Waals surface area contributed by atoms with Crippen LogP contribution in [0.4, 0.5) is 5.69 Å². The minimum Gasteiger partial charge on any atom is -0.366 e. The van der Waals surface area contributed by atoms with Crippen LogP contribution in [0, 0.1) is 13.8 Å². The molecule has 0 fully saturated rings. The summed E-state index contributed by atoms with van der Waals surface area (Å²) in [6.07, 6.45) is 0. The van der Waals surface area contributed by atoms with E-state index in [2.05, 4.69) is 4.72 Å². The van der Waals surface area contributed by atoms with Gasteiger partial charge >= 0.3 is 0 Å². The normalized spacial score (nSPS) is 11.3. The number of carbonyl (C=O) groups is 1. The van der Waals surface area contributed by atoms with Gasteiger partial charge in [-0.2, -0.15) is 0 Å². The van der Waals surface area contributed by atoms with Crippen molar-refractivity contribution in [3.05, 3.63) is 57.1 Å². The van der Waals surface area contributed by atoms with Crippen LogP contribution in [0.5, 0.6) is 0 Å². The topological polar surface area (TPSA) is 89.3 Å². The fraction of sp³-hybridized carbons (Fsp3) is 0.133. The summed E-state index contributed by atoms with van der Waals surface area (Å²) >= 11 is 12.2. The lowest BCUT2D eigenvalue weighted by molar-refractivity contribution is 0.100. The molecule has 0 spiro atoms. The Labute approximate surface area is 144 Å². The standard InChI is InChI=1S/C15H14Cl2N2O3S/c1-8-7-11(16)9(2)14(13(8)17)23(21,22)19-12-6-4-3-5-10(12)15(18)20/h3-7,19H,1-2H3,(H2,18,20). The molecule has 0 heterocycles. The van der Waals surface area contributed by atoms with Gasteiger partial charge in [0.2, 0.25) is 0 Å². The molecule has 5 nitrogen and oxygen atoms in total. The molecule has 8 heteroatoms. The maximum absolute atomic E-state index is 12.7. The Hall–Kier alpha value is -1.76. The van der Waals surface area contributed by atoms with Crippen molar-refractivity contribution in [1.29, 1.82) is 0 Å². The van der Waals surface area contributed by atoms with Gasteiger partial charge in [0.05, 0.1) is 16.3 Å². The van der Waals surface area contributed by atoms with E-state index in [1.807, 2.05) is 0 Å². The molecule has 0 bridgehead atoms. The van der Waals surface area contributed by atoms with Gasteiger partial charge in [-0.15, -0.1) is 0 Å². The van der Waals surface area contributed by atoms with Gasteiger partial charge < -0.3 is 5.73 Å². The first-order valence-corrected chi connectivity index (χ1v) is 8.76. The molecule has 0 atom stereocenters. The van der Waals surface area contributed by atoms with Crippen LogP contribution >= 0.6 is 23.2 Å². The number of hydrogen-bond acceptors (Lipinski definition) is 3. The summed E-state index contributed by atoms with van der Waals surface area (Å²) in [5.74, 6) is -0.742. The van der Waals surface area contributed by atoms with Gasteiger partial charge in [0.1, 0.15) is 4.90 Å². The summed E-state index contributed by atoms with van der Waals surface area (Å²) in [7, 11) is -4.05. The van der Waals surface area contributed by atoms with E-state index in [0.29, 0.717) is 11.1 Å². The van der Waals surface area contributed by atoms with Crippen molar-refractivity contribution < 1.29 is 13.2 Å². The van der Waals surface area contributed by atoms with Gasteiger partial charge in [-0.3, -0.25) is 9.52 Å². The molecular formula is C15H14Cl2N2O3S. The Bertz CT molecular complexity index is 870. The van der Waals surface area contributed by atoms with Crippen LogP contribution in [-0.2, 0) is 10.0 Å². The van der Waals surface area contributed by atoms with Gasteiger partial charge in [-0.1, -0.05) is 35.3 Å². The van der Waals surface area contributed by atoms with E-state index in [9.17, 15) is 13.2 Å². The van der Waals surface area contributed by atoms with Crippen LogP contribution in [0.25, 0.3) is 0 Å². The van der Waals surface area contributed by atoms with Crippen LogP contribution in [0.3, 0.4) is 0 Å². The van der Waals surface area contributed by atoms with Gasteiger partial charge in [0.25, 0.3) is 15.9 Å². The lowest BCUT2D eigenvalue weighted by atomic mass is 10.2. The second kappa shape index (κ2) is 6.39. The minimum absolute atomic E-state index is 0.0589. The Morgan fingerprint density at radius 2 is 1.78 bits per heavy atom. The molecule has 0 radical (unpaired) electrons. The minimum atomic E-state index is -4.05. The lowest BCUT2D eigenvalue weighted by Gasteiger charge is -2.16. The monoisotopic (exact) mass is 372 g/mol. The van der Waals surface area contributed by atoms with Crippen molar-refractivity contribution in [2.75, 3.05) is 4.72 Å². The van der Waals surface area contributed by atoms with E-state index in [0.717, 1.165) is 0 Å². The number of nitrogens with two attached hydrogens (primary N) is 1. The molecule has 0 unspecified atom stereocenters. The molecule has 0 aliphatic rings. The quantitative estimate of drug-likeness (QED) is 0.860. The van der Waals surface area contributed by atoms with Crippen LogP contribution in [0.1, 0.15) is 21.5 Å². The summed E-state index contributed by atoms with van der Waals surface area (Å²) in [6.45, 7) is 3.21. The highest BCUT2D eigenvalue weighted by atomic mass is 35.5. The molecule has 122 valence electrons. The number of rotatable bonds is 4. The zero-order valence-corrected chi connectivity index (χ0v) is 14.7. The number of amides is 1. The first-order chi connectivity index (χ1) is 10.6. The average Bonchev–Trinajstić information content (AvgIpc) is 2.45. The van der Waals surface area contributed by atoms with E-state index in [-0.39, 0.29) is 26.2 Å². The van der Waals surface area contributed by atoms with E-state index in [4.69, 9.17) is 28.9 Å². The van der Waals surface area contributed by atoms with Gasteiger partial charge in [-0.25, -0.2) is 8.42 Å². The van der Waals surface area contributed by atoms with E-state index in [1.165, 1.54) is 12.1 Å². The third kappa shape index (κ3) is 3.44. The predicted octanol–water partition coefficient (Wildman–Crippen LogP) is 3.51. The first-order valence-electron chi connectivity index (χ1n) is 6.52. The Balaban J connectivity index is 2.60. The SMILES string of the molecule is Cc1cc(Cl)c(C)c(S(=O)(=O)Nc2ccccc2C(N)=O)c1Cl.